The number of carbonyl (C=O) groups is 4. The quantitative estimate of drug-likeness (QED) is 0.368. The maximum absolute atomic E-state index is 12.5. The minimum absolute atomic E-state index is 0.0939. The summed E-state index contributed by atoms with van der Waals surface area (Å²) in [6.45, 7) is 0.888. The summed E-state index contributed by atoms with van der Waals surface area (Å²) < 4.78 is 10.3. The second-order valence-electron chi connectivity index (χ2n) is 7.41. The first-order valence-electron chi connectivity index (χ1n) is 10.7. The van der Waals surface area contributed by atoms with Crippen LogP contribution in [0.3, 0.4) is 0 Å². The van der Waals surface area contributed by atoms with Gasteiger partial charge in [0, 0.05) is 23.1 Å². The number of anilines is 2. The van der Waals surface area contributed by atoms with E-state index in [1.165, 1.54) is 25.4 Å². The number of carbonyl (C=O) groups excluding carboxylic acids is 4. The van der Waals surface area contributed by atoms with Crippen molar-refractivity contribution >= 4 is 46.4 Å². The van der Waals surface area contributed by atoms with Crippen molar-refractivity contribution in [2.45, 2.75) is 19.4 Å². The minimum Gasteiger partial charge on any atom is -0.495 e. The fraction of sp³-hybridized carbons (Fsp3) is 0.200. The number of methoxy groups -OCH3 is 1. The van der Waals surface area contributed by atoms with Crippen molar-refractivity contribution in [2.75, 3.05) is 24.4 Å². The number of esters is 1. The lowest BCUT2D eigenvalue weighted by molar-refractivity contribution is -0.147. The number of amides is 3. The highest BCUT2D eigenvalue weighted by Gasteiger charge is 2.20. The second-order valence-corrected chi connectivity index (χ2v) is 8.39. The lowest BCUT2D eigenvalue weighted by Gasteiger charge is -2.15. The molecule has 0 aliphatic heterocycles. The highest BCUT2D eigenvalue weighted by molar-refractivity contribution is 7.10. The molecular weight excluding hydrogens is 470 g/mol. The summed E-state index contributed by atoms with van der Waals surface area (Å²) in [7, 11) is 1.52. The fourth-order valence-corrected chi connectivity index (χ4v) is 3.95. The number of ether oxygens (including phenoxy) is 2. The summed E-state index contributed by atoms with van der Waals surface area (Å²) in [5, 5.41) is 9.93. The number of para-hydroxylation sites is 2. The average molecular weight is 496 g/mol. The molecule has 3 aromatic rings. The van der Waals surface area contributed by atoms with Gasteiger partial charge in [0.15, 0.2) is 6.61 Å². The Bertz CT molecular complexity index is 1180. The van der Waals surface area contributed by atoms with Gasteiger partial charge in [-0.25, -0.2) is 0 Å². The summed E-state index contributed by atoms with van der Waals surface area (Å²) in [6, 6.07) is 16.4. The van der Waals surface area contributed by atoms with Gasteiger partial charge in [-0.2, -0.15) is 0 Å². The molecule has 1 unspecified atom stereocenters. The molecule has 1 atom stereocenters. The van der Waals surface area contributed by atoms with E-state index < -0.39 is 24.5 Å². The second kappa shape index (κ2) is 12.3. The summed E-state index contributed by atoms with van der Waals surface area (Å²) in [6.07, 6.45) is -0.0939. The molecule has 0 aliphatic rings. The Labute approximate surface area is 206 Å². The Morgan fingerprint density at radius 3 is 2.34 bits per heavy atom. The molecule has 10 heteroatoms. The van der Waals surface area contributed by atoms with Gasteiger partial charge in [0.25, 0.3) is 11.8 Å². The zero-order chi connectivity index (χ0) is 25.2. The van der Waals surface area contributed by atoms with Crippen LogP contribution in [0.4, 0.5) is 11.4 Å². The van der Waals surface area contributed by atoms with Gasteiger partial charge in [-0.15, -0.1) is 11.3 Å². The van der Waals surface area contributed by atoms with E-state index in [0.717, 1.165) is 4.88 Å². The molecule has 0 radical (unpaired) electrons. The van der Waals surface area contributed by atoms with Gasteiger partial charge >= 0.3 is 5.97 Å². The topological polar surface area (TPSA) is 123 Å². The van der Waals surface area contributed by atoms with Gasteiger partial charge in [0.1, 0.15) is 5.75 Å². The molecular formula is C25H25N3O6S. The molecule has 182 valence electrons. The van der Waals surface area contributed by atoms with Crippen LogP contribution in [0.25, 0.3) is 0 Å². The van der Waals surface area contributed by atoms with Crippen LogP contribution in [-0.2, 0) is 19.1 Å². The zero-order valence-electron chi connectivity index (χ0n) is 19.2. The molecule has 1 heterocycles. The lowest BCUT2D eigenvalue weighted by atomic mass is 10.1. The fourth-order valence-electron chi connectivity index (χ4n) is 3.17. The summed E-state index contributed by atoms with van der Waals surface area (Å²) in [4.78, 5) is 49.1. The molecule has 9 nitrogen and oxygen atoms in total. The highest BCUT2D eigenvalue weighted by atomic mass is 32.1. The average Bonchev–Trinajstić information content (AvgIpc) is 3.38. The molecule has 3 rings (SSSR count). The SMILES string of the molecule is COc1ccccc1NC(=O)c1ccc(NC(=O)COC(=O)CC(NC(C)=O)c2cccs2)cc1. The van der Waals surface area contributed by atoms with Crippen molar-refractivity contribution in [1.29, 1.82) is 0 Å². The van der Waals surface area contributed by atoms with Gasteiger partial charge in [-0.1, -0.05) is 18.2 Å². The number of rotatable bonds is 10. The standard InChI is InChI=1S/C25H25N3O6S/c1-16(29)26-20(22-8-5-13-35-22)14-24(31)34-15-23(30)27-18-11-9-17(10-12-18)25(32)28-19-6-3-4-7-21(19)33-2/h3-13,20H,14-15H2,1-2H3,(H,26,29)(H,27,30)(H,28,32). The van der Waals surface area contributed by atoms with Crippen LogP contribution in [0, 0.1) is 0 Å². The third-order valence-corrected chi connectivity index (χ3v) is 5.77. The smallest absolute Gasteiger partial charge is 0.308 e. The van der Waals surface area contributed by atoms with Crippen LogP contribution in [-0.4, -0.2) is 37.4 Å². The molecule has 3 N–H and O–H groups in total. The predicted octanol–water partition coefficient (Wildman–Crippen LogP) is 3.76. The Balaban J connectivity index is 1.49. The van der Waals surface area contributed by atoms with Crippen molar-refractivity contribution in [3.63, 3.8) is 0 Å². The van der Waals surface area contributed by atoms with Crippen molar-refractivity contribution in [3.05, 3.63) is 76.5 Å². The van der Waals surface area contributed by atoms with Crippen LogP contribution in [0.15, 0.2) is 66.0 Å². The number of benzene rings is 2. The van der Waals surface area contributed by atoms with Gasteiger partial charge in [0.2, 0.25) is 5.91 Å². The first kappa shape index (κ1) is 25.4. The monoisotopic (exact) mass is 495 g/mol. The van der Waals surface area contributed by atoms with Gasteiger partial charge in [-0.05, 0) is 47.8 Å². The highest BCUT2D eigenvalue weighted by Crippen LogP contribution is 2.24. The third kappa shape index (κ3) is 7.68. The van der Waals surface area contributed by atoms with E-state index in [-0.39, 0.29) is 18.2 Å². The van der Waals surface area contributed by atoms with Crippen molar-refractivity contribution < 1.29 is 28.7 Å². The molecule has 0 spiro atoms. The first-order chi connectivity index (χ1) is 16.9. The van der Waals surface area contributed by atoms with Crippen LogP contribution >= 0.6 is 11.3 Å². The molecule has 2 aromatic carbocycles. The molecule has 0 saturated heterocycles. The number of hydrogen-bond donors (Lipinski definition) is 3. The van der Waals surface area contributed by atoms with Crippen LogP contribution < -0.4 is 20.7 Å². The van der Waals surface area contributed by atoms with E-state index in [0.29, 0.717) is 22.7 Å². The van der Waals surface area contributed by atoms with Crippen molar-refractivity contribution in [2.24, 2.45) is 0 Å². The molecule has 35 heavy (non-hydrogen) atoms. The van der Waals surface area contributed by atoms with Crippen molar-refractivity contribution in [1.82, 2.24) is 5.32 Å². The van der Waals surface area contributed by atoms with Crippen molar-refractivity contribution in [3.8, 4) is 5.75 Å². The third-order valence-electron chi connectivity index (χ3n) is 4.79. The predicted molar refractivity (Wildman–Crippen MR) is 132 cm³/mol. The Hall–Kier alpha value is -4.18. The number of hydrogen-bond acceptors (Lipinski definition) is 7. The maximum atomic E-state index is 12.5. The molecule has 0 aliphatic carbocycles. The number of nitrogens with one attached hydrogen (secondary N) is 3. The van der Waals surface area contributed by atoms with Gasteiger partial charge in [0.05, 0.1) is 25.3 Å². The maximum Gasteiger partial charge on any atom is 0.308 e. The molecule has 0 fully saturated rings. The van der Waals surface area contributed by atoms with E-state index >= 15 is 0 Å². The van der Waals surface area contributed by atoms with Gasteiger partial charge < -0.3 is 25.4 Å². The van der Waals surface area contributed by atoms with E-state index in [1.807, 2.05) is 17.5 Å². The largest absolute Gasteiger partial charge is 0.495 e. The van der Waals surface area contributed by atoms with E-state index in [4.69, 9.17) is 9.47 Å². The summed E-state index contributed by atoms with van der Waals surface area (Å²) >= 11 is 1.41. The van der Waals surface area contributed by atoms with Gasteiger partial charge in [-0.3, -0.25) is 19.2 Å². The molecule has 0 saturated carbocycles. The van der Waals surface area contributed by atoms with Crippen LogP contribution in [0.1, 0.15) is 34.6 Å². The van der Waals surface area contributed by atoms with E-state index in [1.54, 1.807) is 48.5 Å². The molecule has 0 bridgehead atoms. The first-order valence-corrected chi connectivity index (χ1v) is 11.5. The van der Waals surface area contributed by atoms with Crippen LogP contribution in [0.5, 0.6) is 5.75 Å². The van der Waals surface area contributed by atoms with Crippen LogP contribution in [0.2, 0.25) is 0 Å². The Morgan fingerprint density at radius 2 is 1.69 bits per heavy atom. The summed E-state index contributed by atoms with van der Waals surface area (Å²) in [5.74, 6) is -1.21. The normalized spacial score (nSPS) is 11.1. The number of thiophene rings is 1. The molecule has 1 aromatic heterocycles. The molecule has 3 amide bonds. The lowest BCUT2D eigenvalue weighted by Crippen LogP contribution is -2.29. The minimum atomic E-state index is -0.615. The van der Waals surface area contributed by atoms with E-state index in [9.17, 15) is 19.2 Å². The zero-order valence-corrected chi connectivity index (χ0v) is 20.0. The Kier molecular flexibility index (Phi) is 8.96. The summed E-state index contributed by atoms with van der Waals surface area (Å²) in [5.41, 5.74) is 1.37. The van der Waals surface area contributed by atoms with E-state index in [2.05, 4.69) is 16.0 Å². The Morgan fingerprint density at radius 1 is 0.943 bits per heavy atom.